The van der Waals surface area contributed by atoms with Crippen LogP contribution >= 0.6 is 0 Å². The lowest BCUT2D eigenvalue weighted by molar-refractivity contribution is -0.149. The van der Waals surface area contributed by atoms with E-state index in [4.69, 9.17) is 9.84 Å². The minimum atomic E-state index is -0.888. The highest BCUT2D eigenvalue weighted by Crippen LogP contribution is 2.35. The summed E-state index contributed by atoms with van der Waals surface area (Å²) in [6, 6.07) is 0. The Hall–Kier alpha value is -1.43. The molecule has 1 aromatic heterocycles. The van der Waals surface area contributed by atoms with Gasteiger partial charge in [0.05, 0.1) is 0 Å². The normalized spacial score (nSPS) is 28.1. The molecule has 2 aliphatic rings. The van der Waals surface area contributed by atoms with Crippen LogP contribution in [0, 0.1) is 0 Å². The van der Waals surface area contributed by atoms with Gasteiger partial charge in [-0.05, 0) is 25.7 Å². The van der Waals surface area contributed by atoms with Crippen LogP contribution in [0.4, 0.5) is 0 Å². The Bertz CT molecular complexity index is 479. The van der Waals surface area contributed by atoms with Crippen LogP contribution in [-0.4, -0.2) is 31.9 Å². The van der Waals surface area contributed by atoms with Gasteiger partial charge in [-0.1, -0.05) is 12.8 Å². The highest BCUT2D eigenvalue weighted by molar-refractivity contribution is 5.72. The van der Waals surface area contributed by atoms with Gasteiger partial charge < -0.3 is 9.84 Å². The molecule has 2 unspecified atom stereocenters. The maximum absolute atomic E-state index is 10.9. The predicted octanol–water partition coefficient (Wildman–Crippen LogP) is 1.78. The Morgan fingerprint density at radius 3 is 2.68 bits per heavy atom. The molecule has 0 radical (unpaired) electrons. The molecule has 3 rings (SSSR count). The fourth-order valence-corrected chi connectivity index (χ4v) is 3.06. The Labute approximate surface area is 111 Å². The molecular formula is C13H19N3O3. The molecule has 1 aromatic rings. The van der Waals surface area contributed by atoms with E-state index in [-0.39, 0.29) is 6.10 Å². The number of aromatic nitrogens is 3. The summed E-state index contributed by atoms with van der Waals surface area (Å²) in [6.07, 6.45) is 5.14. The van der Waals surface area contributed by atoms with Gasteiger partial charge in [0.1, 0.15) is 6.10 Å². The molecule has 0 spiro atoms. The number of ether oxygens (including phenoxy) is 1. The highest BCUT2D eigenvalue weighted by atomic mass is 16.5. The average Bonchev–Trinajstić information content (AvgIpc) is 3.08. The van der Waals surface area contributed by atoms with Crippen LogP contribution in [0.5, 0.6) is 0 Å². The maximum Gasteiger partial charge on any atom is 0.332 e. The number of carboxylic acid groups (broad SMARTS) is 1. The zero-order valence-corrected chi connectivity index (χ0v) is 11.1. The van der Waals surface area contributed by atoms with Crippen LogP contribution in [0.15, 0.2) is 0 Å². The zero-order valence-electron chi connectivity index (χ0n) is 11.1. The average molecular weight is 265 g/mol. The van der Waals surface area contributed by atoms with Crippen molar-refractivity contribution in [3.05, 3.63) is 11.6 Å². The van der Waals surface area contributed by atoms with Crippen LogP contribution in [0.3, 0.4) is 0 Å². The Morgan fingerprint density at radius 1 is 1.32 bits per heavy atom. The zero-order chi connectivity index (χ0) is 13.4. The first-order valence-corrected chi connectivity index (χ1v) is 6.94. The molecule has 2 fully saturated rings. The van der Waals surface area contributed by atoms with Crippen LogP contribution in [-0.2, 0) is 16.6 Å². The molecule has 1 aliphatic carbocycles. The van der Waals surface area contributed by atoms with Gasteiger partial charge in [0.2, 0.25) is 0 Å². The fraction of sp³-hybridized carbons (Fsp3) is 0.769. The first-order valence-electron chi connectivity index (χ1n) is 6.94. The third-order valence-electron chi connectivity index (χ3n) is 4.12. The van der Waals surface area contributed by atoms with Gasteiger partial charge in [-0.15, -0.1) is 0 Å². The molecule has 1 saturated carbocycles. The predicted molar refractivity (Wildman–Crippen MR) is 66.7 cm³/mol. The van der Waals surface area contributed by atoms with E-state index in [2.05, 4.69) is 10.1 Å². The van der Waals surface area contributed by atoms with E-state index < -0.39 is 12.1 Å². The lowest BCUT2D eigenvalue weighted by atomic mass is 10.1. The largest absolute Gasteiger partial charge is 0.479 e. The molecule has 1 aliphatic heterocycles. The number of nitrogens with zero attached hydrogens (tertiary/aromatic N) is 3. The molecule has 0 aromatic carbocycles. The number of aryl methyl sites for hydroxylation is 1. The first kappa shape index (κ1) is 12.6. The monoisotopic (exact) mass is 265 g/mol. The van der Waals surface area contributed by atoms with Gasteiger partial charge in [-0.3, -0.25) is 4.68 Å². The summed E-state index contributed by atoms with van der Waals surface area (Å²) in [7, 11) is 1.86. The van der Waals surface area contributed by atoms with Gasteiger partial charge >= 0.3 is 5.97 Å². The second-order valence-corrected chi connectivity index (χ2v) is 5.46. The minimum Gasteiger partial charge on any atom is -0.479 e. The van der Waals surface area contributed by atoms with Crippen molar-refractivity contribution in [2.75, 3.05) is 0 Å². The van der Waals surface area contributed by atoms with Crippen molar-refractivity contribution in [1.82, 2.24) is 14.8 Å². The van der Waals surface area contributed by atoms with Crippen molar-refractivity contribution in [1.29, 1.82) is 0 Å². The molecule has 0 amide bonds. The lowest BCUT2D eigenvalue weighted by Gasteiger charge is -2.09. The van der Waals surface area contributed by atoms with Gasteiger partial charge in [0, 0.05) is 13.0 Å². The summed E-state index contributed by atoms with van der Waals surface area (Å²) < 4.78 is 7.30. The topological polar surface area (TPSA) is 77.2 Å². The molecule has 2 atom stereocenters. The van der Waals surface area contributed by atoms with Gasteiger partial charge in [0.15, 0.2) is 17.8 Å². The molecular weight excluding hydrogens is 246 g/mol. The Morgan fingerprint density at radius 2 is 2.05 bits per heavy atom. The second-order valence-electron chi connectivity index (χ2n) is 5.46. The van der Waals surface area contributed by atoms with Gasteiger partial charge in [-0.25, -0.2) is 9.78 Å². The van der Waals surface area contributed by atoms with Crippen LogP contribution in [0.2, 0.25) is 0 Å². The van der Waals surface area contributed by atoms with Crippen molar-refractivity contribution in [3.8, 4) is 0 Å². The summed E-state index contributed by atoms with van der Waals surface area (Å²) in [4.78, 5) is 15.5. The smallest absolute Gasteiger partial charge is 0.332 e. The van der Waals surface area contributed by atoms with Crippen LogP contribution in [0.25, 0.3) is 0 Å². The Balaban J connectivity index is 1.76. The van der Waals surface area contributed by atoms with E-state index in [0.29, 0.717) is 18.8 Å². The fourth-order valence-electron chi connectivity index (χ4n) is 3.06. The van der Waals surface area contributed by atoms with Crippen molar-refractivity contribution < 1.29 is 14.6 Å². The number of carbonyl (C=O) groups is 1. The van der Waals surface area contributed by atoms with Gasteiger partial charge in [-0.2, -0.15) is 5.10 Å². The summed E-state index contributed by atoms with van der Waals surface area (Å²) in [5.74, 6) is 1.25. The third kappa shape index (κ3) is 2.36. The highest BCUT2D eigenvalue weighted by Gasteiger charge is 2.34. The molecule has 2 heterocycles. The summed E-state index contributed by atoms with van der Waals surface area (Å²) >= 11 is 0. The van der Waals surface area contributed by atoms with Crippen molar-refractivity contribution in [3.63, 3.8) is 0 Å². The van der Waals surface area contributed by atoms with Gasteiger partial charge in [0.25, 0.3) is 0 Å². The molecule has 6 nitrogen and oxygen atoms in total. The summed E-state index contributed by atoms with van der Waals surface area (Å²) in [6.45, 7) is 0. The quantitative estimate of drug-likeness (QED) is 0.901. The number of carboxylic acids is 1. The molecule has 104 valence electrons. The molecule has 1 N–H and O–H groups in total. The van der Waals surface area contributed by atoms with E-state index in [1.807, 2.05) is 7.05 Å². The van der Waals surface area contributed by atoms with E-state index in [1.165, 1.54) is 12.8 Å². The number of hydrogen-bond acceptors (Lipinski definition) is 4. The van der Waals surface area contributed by atoms with Crippen molar-refractivity contribution in [2.45, 2.75) is 56.7 Å². The van der Waals surface area contributed by atoms with E-state index in [1.54, 1.807) is 4.68 Å². The van der Waals surface area contributed by atoms with Crippen molar-refractivity contribution >= 4 is 5.97 Å². The number of aliphatic carboxylic acids is 1. The van der Waals surface area contributed by atoms with Crippen LogP contribution in [0.1, 0.15) is 62.2 Å². The van der Waals surface area contributed by atoms with E-state index in [9.17, 15) is 4.79 Å². The minimum absolute atomic E-state index is 0.228. The second kappa shape index (κ2) is 4.92. The number of rotatable bonds is 3. The molecule has 0 bridgehead atoms. The summed E-state index contributed by atoms with van der Waals surface area (Å²) in [5.41, 5.74) is 0. The maximum atomic E-state index is 10.9. The standard InChI is InChI=1S/C13H19N3O3/c1-16-12(9-6-7-10(19-9)13(17)18)14-11(15-16)8-4-2-3-5-8/h8-10H,2-7H2,1H3,(H,17,18). The first-order chi connectivity index (χ1) is 9.15. The summed E-state index contributed by atoms with van der Waals surface area (Å²) in [5, 5.41) is 13.4. The van der Waals surface area contributed by atoms with E-state index >= 15 is 0 Å². The number of hydrogen-bond donors (Lipinski definition) is 1. The molecule has 1 saturated heterocycles. The third-order valence-corrected chi connectivity index (χ3v) is 4.12. The van der Waals surface area contributed by atoms with E-state index in [0.717, 1.165) is 24.5 Å². The van der Waals surface area contributed by atoms with Crippen LogP contribution < -0.4 is 0 Å². The molecule has 6 heteroatoms. The SMILES string of the molecule is Cn1nc(C2CCCC2)nc1C1CCC(C(=O)O)O1. The lowest BCUT2D eigenvalue weighted by Crippen LogP contribution is -2.19. The Kier molecular flexibility index (Phi) is 3.26. The molecule has 19 heavy (non-hydrogen) atoms. The van der Waals surface area contributed by atoms with Crippen molar-refractivity contribution in [2.24, 2.45) is 7.05 Å².